The maximum Gasteiger partial charge on any atom is 0.301 e. The Morgan fingerprint density at radius 2 is 1.64 bits per heavy atom. The smallest absolute Gasteiger partial charge is 0.301 e. The second-order valence-electron chi connectivity index (χ2n) is 7.70. The molecule has 1 atom stereocenters. The topological polar surface area (TPSA) is 70.5 Å². The Labute approximate surface area is 191 Å². The first-order chi connectivity index (χ1) is 15.8. The highest BCUT2D eigenvalue weighted by molar-refractivity contribution is 7.22. The van der Waals surface area contributed by atoms with E-state index in [-0.39, 0.29) is 16.3 Å². The van der Waals surface area contributed by atoms with E-state index in [1.165, 1.54) is 35.2 Å². The average Bonchev–Trinajstić information content (AvgIpc) is 3.32. The summed E-state index contributed by atoms with van der Waals surface area (Å²) < 4.78 is 27.6. The van der Waals surface area contributed by atoms with Gasteiger partial charge in [0.1, 0.15) is 17.4 Å². The number of aliphatic hydroxyl groups is 1. The van der Waals surface area contributed by atoms with Gasteiger partial charge in [0.15, 0.2) is 5.13 Å². The number of hydrogen-bond donors (Lipinski definition) is 1. The highest BCUT2D eigenvalue weighted by Crippen LogP contribution is 2.44. The van der Waals surface area contributed by atoms with Crippen LogP contribution in [0.15, 0.2) is 72.3 Å². The zero-order valence-electron chi connectivity index (χ0n) is 17.3. The van der Waals surface area contributed by atoms with Gasteiger partial charge in [0.25, 0.3) is 5.78 Å². The summed E-state index contributed by atoms with van der Waals surface area (Å²) in [5.74, 6) is -3.08. The van der Waals surface area contributed by atoms with Gasteiger partial charge >= 0.3 is 5.91 Å². The number of halogens is 2. The van der Waals surface area contributed by atoms with Crippen molar-refractivity contribution >= 4 is 44.1 Å². The summed E-state index contributed by atoms with van der Waals surface area (Å²) in [6, 6.07) is 15.3. The number of rotatable bonds is 3. The third-order valence-corrected chi connectivity index (χ3v) is 6.52. The summed E-state index contributed by atoms with van der Waals surface area (Å²) in [6.45, 7) is 1.90. The van der Waals surface area contributed by atoms with E-state index in [0.717, 1.165) is 29.0 Å². The Balaban J connectivity index is 1.73. The number of nitrogens with zero attached hydrogens (tertiary/aromatic N) is 2. The molecule has 1 aromatic heterocycles. The van der Waals surface area contributed by atoms with Crippen molar-refractivity contribution in [2.75, 3.05) is 4.90 Å². The fourth-order valence-corrected chi connectivity index (χ4v) is 4.86. The summed E-state index contributed by atoms with van der Waals surface area (Å²) in [7, 11) is 0. The summed E-state index contributed by atoms with van der Waals surface area (Å²) in [4.78, 5) is 32.0. The lowest BCUT2D eigenvalue weighted by molar-refractivity contribution is -0.132. The van der Waals surface area contributed by atoms with E-state index in [0.29, 0.717) is 15.8 Å². The number of aryl methyl sites for hydroxylation is 1. The van der Waals surface area contributed by atoms with Crippen molar-refractivity contribution in [3.05, 3.63) is 101 Å². The van der Waals surface area contributed by atoms with Crippen LogP contribution in [0.3, 0.4) is 0 Å². The zero-order valence-corrected chi connectivity index (χ0v) is 18.1. The number of hydrogen-bond acceptors (Lipinski definition) is 5. The van der Waals surface area contributed by atoms with Crippen molar-refractivity contribution in [3.8, 4) is 0 Å². The number of aliphatic hydroxyl groups excluding tert-OH is 1. The fourth-order valence-electron chi connectivity index (χ4n) is 3.85. The molecule has 5 rings (SSSR count). The molecule has 1 amide bonds. The summed E-state index contributed by atoms with van der Waals surface area (Å²) >= 11 is 1.08. The van der Waals surface area contributed by atoms with E-state index in [9.17, 15) is 23.5 Å². The van der Waals surface area contributed by atoms with Gasteiger partial charge in [0, 0.05) is 5.56 Å². The summed E-state index contributed by atoms with van der Waals surface area (Å²) in [5, 5.41) is 11.2. The molecule has 0 bridgehead atoms. The molecule has 4 aromatic rings. The minimum absolute atomic E-state index is 0.124. The number of aromatic nitrogens is 1. The van der Waals surface area contributed by atoms with Gasteiger partial charge in [-0.3, -0.25) is 14.5 Å². The third-order valence-electron chi connectivity index (χ3n) is 5.50. The van der Waals surface area contributed by atoms with Gasteiger partial charge in [-0.25, -0.2) is 13.8 Å². The number of carbonyl (C=O) groups excluding carboxylic acids is 2. The molecule has 1 aliphatic heterocycles. The molecule has 3 aromatic carbocycles. The number of thiazole rings is 1. The maximum absolute atomic E-state index is 13.7. The van der Waals surface area contributed by atoms with Crippen molar-refractivity contribution in [1.82, 2.24) is 4.98 Å². The van der Waals surface area contributed by atoms with Crippen LogP contribution in [0, 0.1) is 18.6 Å². The first-order valence-corrected chi connectivity index (χ1v) is 10.8. The van der Waals surface area contributed by atoms with E-state index in [2.05, 4.69) is 4.98 Å². The monoisotopic (exact) mass is 462 g/mol. The normalized spacial score (nSPS) is 17.8. The van der Waals surface area contributed by atoms with Gasteiger partial charge in [-0.05, 0) is 55.0 Å². The number of benzene rings is 3. The molecule has 0 aliphatic carbocycles. The molecule has 1 saturated heterocycles. The van der Waals surface area contributed by atoms with Crippen LogP contribution in [0.25, 0.3) is 16.0 Å². The average molecular weight is 462 g/mol. The van der Waals surface area contributed by atoms with E-state index in [1.807, 2.05) is 19.1 Å². The lowest BCUT2D eigenvalue weighted by Gasteiger charge is -2.23. The first kappa shape index (κ1) is 21.0. The molecule has 0 unspecified atom stereocenters. The Morgan fingerprint density at radius 1 is 0.970 bits per heavy atom. The third kappa shape index (κ3) is 3.58. The first-order valence-electron chi connectivity index (χ1n) is 10.0. The van der Waals surface area contributed by atoms with E-state index in [4.69, 9.17) is 0 Å². The predicted molar refractivity (Wildman–Crippen MR) is 122 cm³/mol. The van der Waals surface area contributed by atoms with Crippen LogP contribution >= 0.6 is 11.3 Å². The lowest BCUT2D eigenvalue weighted by atomic mass is 9.95. The summed E-state index contributed by atoms with van der Waals surface area (Å²) in [5.41, 5.74) is 2.14. The minimum atomic E-state index is -0.957. The van der Waals surface area contributed by atoms with Crippen molar-refractivity contribution in [2.24, 2.45) is 0 Å². The van der Waals surface area contributed by atoms with Crippen molar-refractivity contribution < 1.29 is 23.5 Å². The van der Waals surface area contributed by atoms with Gasteiger partial charge in [0.05, 0.1) is 21.8 Å². The van der Waals surface area contributed by atoms with Gasteiger partial charge in [-0.2, -0.15) is 0 Å². The van der Waals surface area contributed by atoms with Crippen LogP contribution in [0.5, 0.6) is 0 Å². The van der Waals surface area contributed by atoms with Crippen LogP contribution < -0.4 is 4.90 Å². The number of carbonyl (C=O) groups is 2. The second kappa shape index (κ2) is 7.90. The van der Waals surface area contributed by atoms with Crippen molar-refractivity contribution in [1.29, 1.82) is 0 Å². The zero-order chi connectivity index (χ0) is 23.3. The Bertz CT molecular complexity index is 1440. The number of Topliss-reactive ketones (excluding diaryl/α,β-unsaturated/α-hetero) is 1. The molecule has 5 nitrogen and oxygen atoms in total. The quantitative estimate of drug-likeness (QED) is 0.248. The van der Waals surface area contributed by atoms with Crippen LogP contribution in [0.4, 0.5) is 13.9 Å². The molecule has 1 fully saturated rings. The van der Waals surface area contributed by atoms with Crippen molar-refractivity contribution in [2.45, 2.75) is 13.0 Å². The number of amides is 1. The van der Waals surface area contributed by atoms with E-state index >= 15 is 0 Å². The van der Waals surface area contributed by atoms with Gasteiger partial charge in [-0.1, -0.05) is 41.2 Å². The Hall–Kier alpha value is -3.91. The van der Waals surface area contributed by atoms with Crippen LogP contribution in [0.1, 0.15) is 22.7 Å². The van der Waals surface area contributed by atoms with E-state index < -0.39 is 35.1 Å². The standard InChI is InChI=1S/C25H16F2N2O3S/c1-13-2-4-14(5-3-13)21-20(22(30)15-6-8-16(26)9-7-15)23(31)24(32)29(21)25-28-18-11-10-17(27)12-19(18)33-25/h2-12,21,30H,1H3/t21-/m1/s1. The molecule has 2 heterocycles. The summed E-state index contributed by atoms with van der Waals surface area (Å²) in [6.07, 6.45) is 0. The number of fused-ring (bicyclic) bond motifs is 1. The molecule has 1 N–H and O–H groups in total. The van der Waals surface area contributed by atoms with Gasteiger partial charge < -0.3 is 5.11 Å². The number of ketones is 1. The van der Waals surface area contributed by atoms with Crippen LogP contribution in [-0.2, 0) is 9.59 Å². The molecule has 33 heavy (non-hydrogen) atoms. The molecule has 0 saturated carbocycles. The Kier molecular flexibility index (Phi) is 5.02. The predicted octanol–water partition coefficient (Wildman–Crippen LogP) is 5.51. The largest absolute Gasteiger partial charge is 0.507 e. The molecule has 0 spiro atoms. The molecule has 8 heteroatoms. The SMILES string of the molecule is Cc1ccc([C@@H]2C(=C(O)c3ccc(F)cc3)C(=O)C(=O)N2c2nc3ccc(F)cc3s2)cc1. The van der Waals surface area contributed by atoms with Crippen LogP contribution in [-0.4, -0.2) is 21.8 Å². The van der Waals surface area contributed by atoms with Crippen molar-refractivity contribution in [3.63, 3.8) is 0 Å². The van der Waals surface area contributed by atoms with Gasteiger partial charge in [0.2, 0.25) is 0 Å². The highest BCUT2D eigenvalue weighted by Gasteiger charge is 2.48. The molecular formula is C25H16F2N2O3S. The molecule has 0 radical (unpaired) electrons. The molecule has 164 valence electrons. The lowest BCUT2D eigenvalue weighted by Crippen LogP contribution is -2.29. The van der Waals surface area contributed by atoms with E-state index in [1.54, 1.807) is 12.1 Å². The molecule has 1 aliphatic rings. The minimum Gasteiger partial charge on any atom is -0.507 e. The van der Waals surface area contributed by atoms with Crippen LogP contribution in [0.2, 0.25) is 0 Å². The fraction of sp³-hybridized carbons (Fsp3) is 0.0800. The number of anilines is 1. The highest BCUT2D eigenvalue weighted by atomic mass is 32.1. The Morgan fingerprint density at radius 3 is 2.33 bits per heavy atom. The second-order valence-corrected chi connectivity index (χ2v) is 8.70. The maximum atomic E-state index is 13.7. The van der Waals surface area contributed by atoms with Gasteiger partial charge in [-0.15, -0.1) is 0 Å². The molecular weight excluding hydrogens is 446 g/mol.